The van der Waals surface area contributed by atoms with Gasteiger partial charge in [-0.1, -0.05) is 71.0 Å². The van der Waals surface area contributed by atoms with E-state index >= 15 is 0 Å². The minimum atomic E-state index is -0.203. The number of ether oxygens (including phenoxy) is 1. The van der Waals surface area contributed by atoms with E-state index < -0.39 is 0 Å². The van der Waals surface area contributed by atoms with E-state index in [9.17, 15) is 4.79 Å². The first kappa shape index (κ1) is 20.4. The monoisotopic (exact) mass is 459 g/mol. The molecule has 0 amide bonds. The van der Waals surface area contributed by atoms with Crippen LogP contribution in [-0.2, 0) is 6.61 Å². The zero-order chi connectivity index (χ0) is 22.1. The zero-order valence-corrected chi connectivity index (χ0v) is 18.7. The van der Waals surface area contributed by atoms with Crippen LogP contribution >= 0.6 is 22.9 Å². The fraction of sp³-hybridized carbons (Fsp3) is 0.0800. The number of thiazole rings is 1. The summed E-state index contributed by atoms with van der Waals surface area (Å²) in [6.07, 6.45) is 1.83. The van der Waals surface area contributed by atoms with Crippen LogP contribution in [-0.4, -0.2) is 14.6 Å². The molecule has 0 N–H and O–H groups in total. The van der Waals surface area contributed by atoms with Gasteiger partial charge in [-0.3, -0.25) is 4.79 Å². The average Bonchev–Trinajstić information content (AvgIpc) is 3.34. The predicted molar refractivity (Wildman–Crippen MR) is 128 cm³/mol. The van der Waals surface area contributed by atoms with Crippen molar-refractivity contribution in [3.05, 3.63) is 109 Å². The molecule has 0 radical (unpaired) electrons. The topological polar surface area (TPSA) is 56.5 Å². The fourth-order valence-corrected chi connectivity index (χ4v) is 4.30. The van der Waals surface area contributed by atoms with Gasteiger partial charge in [-0.05, 0) is 48.9 Å². The second kappa shape index (κ2) is 8.57. The molecule has 0 saturated heterocycles. The molecule has 0 aliphatic heterocycles. The molecule has 32 heavy (non-hydrogen) atoms. The van der Waals surface area contributed by atoms with Crippen LogP contribution in [0.3, 0.4) is 0 Å². The summed E-state index contributed by atoms with van der Waals surface area (Å²) in [6, 6.07) is 23.1. The first-order chi connectivity index (χ1) is 15.6. The summed E-state index contributed by atoms with van der Waals surface area (Å²) in [5, 5.41) is 5.03. The summed E-state index contributed by atoms with van der Waals surface area (Å²) in [6.45, 7) is 2.51. The van der Waals surface area contributed by atoms with Gasteiger partial charge in [0, 0.05) is 16.1 Å². The number of nitrogens with zero attached hydrogens (tertiary/aromatic N) is 3. The van der Waals surface area contributed by atoms with Gasteiger partial charge in [0.15, 0.2) is 5.82 Å². The van der Waals surface area contributed by atoms with Crippen LogP contribution in [0.1, 0.15) is 16.7 Å². The molecule has 0 unspecified atom stereocenters. The summed E-state index contributed by atoms with van der Waals surface area (Å²) in [7, 11) is 0. The molecular weight excluding hydrogens is 442 g/mol. The molecule has 5 aromatic rings. The van der Waals surface area contributed by atoms with E-state index in [2.05, 4.69) is 41.3 Å². The van der Waals surface area contributed by atoms with Gasteiger partial charge in [0.1, 0.15) is 12.4 Å². The zero-order valence-electron chi connectivity index (χ0n) is 17.2. The fourth-order valence-electron chi connectivity index (χ4n) is 3.27. The molecule has 7 heteroatoms. The summed E-state index contributed by atoms with van der Waals surface area (Å²) in [5.74, 6) is 1.21. The van der Waals surface area contributed by atoms with Gasteiger partial charge in [0.25, 0.3) is 5.56 Å². The maximum atomic E-state index is 12.9. The Morgan fingerprint density at radius 1 is 1.03 bits per heavy atom. The molecule has 3 aromatic carbocycles. The molecule has 158 valence electrons. The molecule has 0 fully saturated rings. The average molecular weight is 460 g/mol. The van der Waals surface area contributed by atoms with Crippen LogP contribution in [0.5, 0.6) is 5.75 Å². The van der Waals surface area contributed by atoms with Crippen molar-refractivity contribution in [2.24, 2.45) is 0 Å². The van der Waals surface area contributed by atoms with Gasteiger partial charge in [-0.2, -0.15) is 9.50 Å². The molecule has 0 bridgehead atoms. The van der Waals surface area contributed by atoms with Crippen molar-refractivity contribution in [3.8, 4) is 17.1 Å². The van der Waals surface area contributed by atoms with E-state index in [1.165, 1.54) is 21.4 Å². The molecule has 5 nitrogen and oxygen atoms in total. The first-order valence-corrected chi connectivity index (χ1v) is 11.2. The minimum absolute atomic E-state index is 0.203. The Morgan fingerprint density at radius 3 is 2.53 bits per heavy atom. The second-order valence-corrected chi connectivity index (χ2v) is 8.81. The lowest BCUT2D eigenvalue weighted by Crippen LogP contribution is -2.23. The molecule has 0 atom stereocenters. The minimum Gasteiger partial charge on any atom is -0.488 e. The highest BCUT2D eigenvalue weighted by molar-refractivity contribution is 7.15. The van der Waals surface area contributed by atoms with E-state index in [0.29, 0.717) is 32.7 Å². The van der Waals surface area contributed by atoms with E-state index in [0.717, 1.165) is 16.7 Å². The summed E-state index contributed by atoms with van der Waals surface area (Å²) < 4.78 is 7.93. The highest BCUT2D eigenvalue weighted by atomic mass is 35.5. The summed E-state index contributed by atoms with van der Waals surface area (Å²) >= 11 is 7.25. The number of para-hydroxylation sites is 1. The second-order valence-electron chi connectivity index (χ2n) is 7.36. The molecule has 2 heterocycles. The number of hydrogen-bond donors (Lipinski definition) is 0. The van der Waals surface area contributed by atoms with Crippen molar-refractivity contribution in [2.75, 3.05) is 0 Å². The van der Waals surface area contributed by atoms with Crippen LogP contribution in [0.2, 0.25) is 5.02 Å². The Morgan fingerprint density at radius 2 is 1.78 bits per heavy atom. The molecule has 0 saturated carbocycles. The lowest BCUT2D eigenvalue weighted by molar-refractivity contribution is 0.305. The van der Waals surface area contributed by atoms with Gasteiger partial charge < -0.3 is 4.74 Å². The van der Waals surface area contributed by atoms with Gasteiger partial charge in [0.2, 0.25) is 4.96 Å². The van der Waals surface area contributed by atoms with Crippen LogP contribution in [0.25, 0.3) is 22.4 Å². The lowest BCUT2D eigenvalue weighted by Gasteiger charge is -2.09. The van der Waals surface area contributed by atoms with Crippen LogP contribution in [0, 0.1) is 6.92 Å². The Balaban J connectivity index is 1.46. The van der Waals surface area contributed by atoms with Gasteiger partial charge in [-0.15, -0.1) is 5.10 Å². The van der Waals surface area contributed by atoms with Gasteiger partial charge >= 0.3 is 0 Å². The Hall–Kier alpha value is -3.48. The van der Waals surface area contributed by atoms with Crippen molar-refractivity contribution in [3.63, 3.8) is 0 Å². The predicted octanol–water partition coefficient (Wildman–Crippen LogP) is 4.91. The number of benzene rings is 3. The third-order valence-corrected chi connectivity index (χ3v) is 6.22. The Kier molecular flexibility index (Phi) is 5.47. The van der Waals surface area contributed by atoms with Crippen LogP contribution in [0.4, 0.5) is 0 Å². The van der Waals surface area contributed by atoms with E-state index in [-0.39, 0.29) is 5.56 Å². The highest BCUT2D eigenvalue weighted by Crippen LogP contribution is 2.21. The highest BCUT2D eigenvalue weighted by Gasteiger charge is 2.12. The third kappa shape index (κ3) is 4.15. The first-order valence-electron chi connectivity index (χ1n) is 10.0. The standard InChI is InChI=1S/C25H18ClN3O2S/c1-16-6-8-17(9-7-16)15-31-21-5-3-2-4-19(21)14-22-24(30)29-25(32-22)27-23(28-29)18-10-12-20(26)13-11-18/h2-14H,15H2,1H3/b22-14+. The van der Waals surface area contributed by atoms with Crippen molar-refractivity contribution >= 4 is 34.0 Å². The van der Waals surface area contributed by atoms with Crippen LogP contribution in [0.15, 0.2) is 77.6 Å². The van der Waals surface area contributed by atoms with E-state index in [4.69, 9.17) is 16.3 Å². The number of aromatic nitrogens is 3. The molecular formula is C25H18ClN3O2S. The van der Waals surface area contributed by atoms with Crippen molar-refractivity contribution in [1.82, 2.24) is 14.6 Å². The SMILES string of the molecule is Cc1ccc(COc2ccccc2/C=c2/sc3nc(-c4ccc(Cl)cc4)nn3c2=O)cc1. The Bertz CT molecular complexity index is 1510. The Labute approximate surface area is 193 Å². The molecule has 0 aliphatic carbocycles. The lowest BCUT2D eigenvalue weighted by atomic mass is 10.1. The van der Waals surface area contributed by atoms with Gasteiger partial charge in [0.05, 0.1) is 4.53 Å². The molecule has 0 spiro atoms. The third-order valence-electron chi connectivity index (χ3n) is 5.00. The van der Waals surface area contributed by atoms with E-state index in [1.54, 1.807) is 12.1 Å². The van der Waals surface area contributed by atoms with Crippen molar-refractivity contribution < 1.29 is 4.74 Å². The number of aryl methyl sites for hydroxylation is 1. The molecule has 2 aromatic heterocycles. The molecule has 5 rings (SSSR count). The number of fused-ring (bicyclic) bond motifs is 1. The smallest absolute Gasteiger partial charge is 0.291 e. The summed E-state index contributed by atoms with van der Waals surface area (Å²) in [5.41, 5.74) is 3.74. The van der Waals surface area contributed by atoms with Crippen molar-refractivity contribution in [2.45, 2.75) is 13.5 Å². The maximum absolute atomic E-state index is 12.9. The normalized spacial score (nSPS) is 11.9. The largest absolute Gasteiger partial charge is 0.488 e. The van der Waals surface area contributed by atoms with Crippen LogP contribution < -0.4 is 14.8 Å². The summed E-state index contributed by atoms with van der Waals surface area (Å²) in [4.78, 5) is 18.0. The number of halogens is 1. The van der Waals surface area contributed by atoms with Gasteiger partial charge in [-0.25, -0.2) is 0 Å². The maximum Gasteiger partial charge on any atom is 0.291 e. The quantitative estimate of drug-likeness (QED) is 0.375. The van der Waals surface area contributed by atoms with E-state index in [1.807, 2.05) is 42.5 Å². The number of hydrogen-bond acceptors (Lipinski definition) is 5. The van der Waals surface area contributed by atoms with Crippen molar-refractivity contribution in [1.29, 1.82) is 0 Å². The molecule has 0 aliphatic rings. The number of rotatable bonds is 5.